The third-order valence-electron chi connectivity index (χ3n) is 1.98. The summed E-state index contributed by atoms with van der Waals surface area (Å²) in [5.41, 5.74) is 7.48. The van der Waals surface area contributed by atoms with E-state index in [1.54, 1.807) is 10.9 Å². The molecule has 0 radical (unpaired) electrons. The number of rotatable bonds is 2. The minimum Gasteiger partial charge on any atom is -0.325 e. The summed E-state index contributed by atoms with van der Waals surface area (Å²) < 4.78 is 1.78. The molecule has 0 atom stereocenters. The summed E-state index contributed by atoms with van der Waals surface area (Å²) in [6.45, 7) is 0.465. The van der Waals surface area contributed by atoms with E-state index in [4.69, 9.17) is 17.3 Å². The van der Waals surface area contributed by atoms with Gasteiger partial charge in [-0.25, -0.2) is 4.68 Å². The maximum atomic E-state index is 5.88. The van der Waals surface area contributed by atoms with Crippen LogP contribution >= 0.6 is 11.6 Å². The summed E-state index contributed by atoms with van der Waals surface area (Å²) >= 11 is 5.88. The topological polar surface area (TPSA) is 43.8 Å². The molecule has 0 saturated heterocycles. The average molecular weight is 208 g/mol. The minimum absolute atomic E-state index is 0.465. The van der Waals surface area contributed by atoms with Crippen molar-refractivity contribution in [3.8, 4) is 5.69 Å². The Labute approximate surface area is 87.1 Å². The van der Waals surface area contributed by atoms with E-state index in [9.17, 15) is 0 Å². The molecule has 2 aromatic rings. The number of benzene rings is 1. The normalized spacial score (nSPS) is 10.4. The van der Waals surface area contributed by atoms with Crippen molar-refractivity contribution >= 4 is 11.6 Å². The third kappa shape index (κ3) is 1.64. The zero-order chi connectivity index (χ0) is 9.97. The van der Waals surface area contributed by atoms with Crippen LogP contribution < -0.4 is 5.73 Å². The lowest BCUT2D eigenvalue weighted by Crippen LogP contribution is -2.06. The number of hydrogen-bond donors (Lipinski definition) is 1. The van der Waals surface area contributed by atoms with Gasteiger partial charge in [0.05, 0.1) is 11.4 Å². The lowest BCUT2D eigenvalue weighted by atomic mass is 10.3. The summed E-state index contributed by atoms with van der Waals surface area (Å²) in [5, 5.41) is 4.87. The highest BCUT2D eigenvalue weighted by Crippen LogP contribution is 2.15. The Morgan fingerprint density at radius 3 is 2.93 bits per heavy atom. The highest BCUT2D eigenvalue weighted by atomic mass is 35.5. The fourth-order valence-electron chi connectivity index (χ4n) is 1.33. The molecule has 3 nitrogen and oxygen atoms in total. The number of aromatic nitrogens is 2. The smallest absolute Gasteiger partial charge is 0.0664 e. The van der Waals surface area contributed by atoms with Crippen LogP contribution in [0.1, 0.15) is 5.69 Å². The van der Waals surface area contributed by atoms with Crippen molar-refractivity contribution in [2.24, 2.45) is 5.73 Å². The van der Waals surface area contributed by atoms with Crippen molar-refractivity contribution in [3.05, 3.63) is 47.2 Å². The van der Waals surface area contributed by atoms with E-state index in [1.807, 2.05) is 30.3 Å². The number of hydrogen-bond acceptors (Lipinski definition) is 2. The molecule has 0 unspecified atom stereocenters. The van der Waals surface area contributed by atoms with Crippen molar-refractivity contribution < 1.29 is 0 Å². The van der Waals surface area contributed by atoms with Gasteiger partial charge in [0.15, 0.2) is 0 Å². The maximum absolute atomic E-state index is 5.88. The molecule has 1 aromatic heterocycles. The Balaban J connectivity index is 2.49. The van der Waals surface area contributed by atoms with E-state index in [0.717, 1.165) is 11.4 Å². The van der Waals surface area contributed by atoms with Gasteiger partial charge in [0, 0.05) is 17.8 Å². The number of nitrogens with zero attached hydrogens (tertiary/aromatic N) is 2. The molecule has 0 aliphatic rings. The molecule has 2 N–H and O–H groups in total. The van der Waals surface area contributed by atoms with Crippen LogP contribution in [-0.2, 0) is 6.54 Å². The summed E-state index contributed by atoms with van der Waals surface area (Å²) in [6.07, 6.45) is 1.73. The van der Waals surface area contributed by atoms with Gasteiger partial charge in [0.25, 0.3) is 0 Å². The zero-order valence-corrected chi connectivity index (χ0v) is 8.28. The summed E-state index contributed by atoms with van der Waals surface area (Å²) in [7, 11) is 0. The first-order valence-corrected chi connectivity index (χ1v) is 4.68. The second kappa shape index (κ2) is 3.82. The van der Waals surface area contributed by atoms with Gasteiger partial charge < -0.3 is 5.73 Å². The molecule has 0 aliphatic carbocycles. The number of nitrogens with two attached hydrogens (primary N) is 1. The second-order valence-electron chi connectivity index (χ2n) is 2.92. The summed E-state index contributed by atoms with van der Waals surface area (Å²) in [6, 6.07) is 9.41. The van der Waals surface area contributed by atoms with Crippen LogP contribution in [-0.4, -0.2) is 9.78 Å². The lowest BCUT2D eigenvalue weighted by molar-refractivity contribution is 0.804. The molecule has 14 heavy (non-hydrogen) atoms. The fourth-order valence-corrected chi connectivity index (χ4v) is 1.51. The Kier molecular flexibility index (Phi) is 2.52. The molecule has 0 saturated carbocycles. The van der Waals surface area contributed by atoms with Crippen LogP contribution in [0.2, 0.25) is 5.02 Å². The van der Waals surface area contributed by atoms with Crippen molar-refractivity contribution in [2.45, 2.75) is 6.54 Å². The van der Waals surface area contributed by atoms with Crippen molar-refractivity contribution in [2.75, 3.05) is 0 Å². The standard InChI is InChI=1S/C10H10ClN3/c11-8-2-1-3-9(6-8)14-10(7-12)4-5-13-14/h1-6H,7,12H2. The van der Waals surface area contributed by atoms with E-state index in [0.29, 0.717) is 11.6 Å². The predicted molar refractivity (Wildman–Crippen MR) is 56.5 cm³/mol. The fraction of sp³-hybridized carbons (Fsp3) is 0.100. The lowest BCUT2D eigenvalue weighted by Gasteiger charge is -2.05. The van der Waals surface area contributed by atoms with Gasteiger partial charge in [-0.1, -0.05) is 17.7 Å². The molecule has 72 valence electrons. The monoisotopic (exact) mass is 207 g/mol. The first-order chi connectivity index (χ1) is 6.81. The van der Waals surface area contributed by atoms with Gasteiger partial charge in [-0.3, -0.25) is 0 Å². The molecule has 1 aromatic carbocycles. The summed E-state index contributed by atoms with van der Waals surface area (Å²) in [5.74, 6) is 0. The van der Waals surface area contributed by atoms with Crippen LogP contribution in [0.25, 0.3) is 5.69 Å². The molecule has 0 aliphatic heterocycles. The quantitative estimate of drug-likeness (QED) is 0.819. The summed E-state index contributed by atoms with van der Waals surface area (Å²) in [4.78, 5) is 0. The first-order valence-electron chi connectivity index (χ1n) is 4.30. The highest BCUT2D eigenvalue weighted by Gasteiger charge is 2.02. The molecule has 0 fully saturated rings. The van der Waals surface area contributed by atoms with Crippen molar-refractivity contribution in [3.63, 3.8) is 0 Å². The molecular weight excluding hydrogens is 198 g/mol. The maximum Gasteiger partial charge on any atom is 0.0664 e. The Hall–Kier alpha value is -1.32. The van der Waals surface area contributed by atoms with Crippen molar-refractivity contribution in [1.82, 2.24) is 9.78 Å². The molecule has 2 rings (SSSR count). The third-order valence-corrected chi connectivity index (χ3v) is 2.22. The van der Waals surface area contributed by atoms with Crippen LogP contribution in [0.3, 0.4) is 0 Å². The van der Waals surface area contributed by atoms with E-state index in [-0.39, 0.29) is 0 Å². The SMILES string of the molecule is NCc1ccnn1-c1cccc(Cl)c1. The van der Waals surface area contributed by atoms with Gasteiger partial charge >= 0.3 is 0 Å². The Morgan fingerprint density at radius 1 is 1.36 bits per heavy atom. The van der Waals surface area contributed by atoms with Gasteiger partial charge in [-0.15, -0.1) is 0 Å². The number of halogens is 1. The second-order valence-corrected chi connectivity index (χ2v) is 3.35. The molecule has 4 heteroatoms. The minimum atomic E-state index is 0.465. The molecule has 0 bridgehead atoms. The van der Waals surface area contributed by atoms with E-state index < -0.39 is 0 Å². The Bertz CT molecular complexity index is 436. The average Bonchev–Trinajstić information content (AvgIpc) is 2.65. The van der Waals surface area contributed by atoms with Gasteiger partial charge in [-0.05, 0) is 24.3 Å². The van der Waals surface area contributed by atoms with Crippen LogP contribution in [0, 0.1) is 0 Å². The van der Waals surface area contributed by atoms with E-state index in [1.165, 1.54) is 0 Å². The van der Waals surface area contributed by atoms with Crippen LogP contribution in [0.4, 0.5) is 0 Å². The van der Waals surface area contributed by atoms with Gasteiger partial charge in [-0.2, -0.15) is 5.10 Å². The van der Waals surface area contributed by atoms with E-state index >= 15 is 0 Å². The van der Waals surface area contributed by atoms with Gasteiger partial charge in [0.1, 0.15) is 0 Å². The largest absolute Gasteiger partial charge is 0.325 e. The highest BCUT2D eigenvalue weighted by molar-refractivity contribution is 6.30. The van der Waals surface area contributed by atoms with Crippen molar-refractivity contribution in [1.29, 1.82) is 0 Å². The molecule has 0 spiro atoms. The molecule has 1 heterocycles. The predicted octanol–water partition coefficient (Wildman–Crippen LogP) is 1.98. The molecule has 0 amide bonds. The van der Waals surface area contributed by atoms with Crippen LogP contribution in [0.15, 0.2) is 36.5 Å². The Morgan fingerprint density at radius 2 is 2.21 bits per heavy atom. The zero-order valence-electron chi connectivity index (χ0n) is 7.52. The first kappa shape index (κ1) is 9.24. The molecular formula is C10H10ClN3. The van der Waals surface area contributed by atoms with Crippen LogP contribution in [0.5, 0.6) is 0 Å². The van der Waals surface area contributed by atoms with Gasteiger partial charge in [0.2, 0.25) is 0 Å². The van der Waals surface area contributed by atoms with E-state index in [2.05, 4.69) is 5.10 Å².